The van der Waals surface area contributed by atoms with Crippen LogP contribution in [0.3, 0.4) is 0 Å². The second kappa shape index (κ2) is 5.46. The summed E-state index contributed by atoms with van der Waals surface area (Å²) in [4.78, 5) is 1.93. The summed E-state index contributed by atoms with van der Waals surface area (Å²) in [5.41, 5.74) is 0.937. The molecule has 15 heavy (non-hydrogen) atoms. The lowest BCUT2D eigenvalue weighted by atomic mass is 10.2. The van der Waals surface area contributed by atoms with Gasteiger partial charge in [-0.3, -0.25) is 0 Å². The molecule has 1 aromatic rings. The van der Waals surface area contributed by atoms with Crippen LogP contribution in [-0.4, -0.2) is 39.5 Å². The molecule has 1 aromatic carbocycles. The van der Waals surface area contributed by atoms with Crippen LogP contribution in [0, 0.1) is 0 Å². The molecule has 4 nitrogen and oxygen atoms in total. The third kappa shape index (κ3) is 2.76. The smallest absolute Gasteiger partial charge is 0.145 e. The predicted octanol–water partition coefficient (Wildman–Crippen LogP) is 1.13. The molecule has 0 aliphatic carbocycles. The summed E-state index contributed by atoms with van der Waals surface area (Å²) in [5, 5.41) is 8.86. The number of rotatable bonds is 5. The highest BCUT2D eigenvalue weighted by atomic mass is 16.5. The number of hydrogen-bond acceptors (Lipinski definition) is 4. The molecule has 0 aromatic heterocycles. The van der Waals surface area contributed by atoms with Crippen molar-refractivity contribution >= 4 is 5.69 Å². The van der Waals surface area contributed by atoms with Crippen LogP contribution in [0.15, 0.2) is 18.2 Å². The monoisotopic (exact) mass is 211 g/mol. The second-order valence-corrected chi connectivity index (χ2v) is 3.18. The Kier molecular flexibility index (Phi) is 4.24. The Bertz CT molecular complexity index is 315. The molecule has 84 valence electrons. The highest BCUT2D eigenvalue weighted by Crippen LogP contribution is 2.31. The molecule has 0 atom stereocenters. The molecule has 0 spiro atoms. The van der Waals surface area contributed by atoms with Crippen molar-refractivity contribution in [3.63, 3.8) is 0 Å². The van der Waals surface area contributed by atoms with E-state index in [9.17, 15) is 0 Å². The molecule has 0 unspecified atom stereocenters. The van der Waals surface area contributed by atoms with Crippen molar-refractivity contribution in [2.75, 3.05) is 39.3 Å². The zero-order chi connectivity index (χ0) is 11.3. The lowest BCUT2D eigenvalue weighted by Gasteiger charge is -2.21. The van der Waals surface area contributed by atoms with Gasteiger partial charge in [0, 0.05) is 19.7 Å². The fourth-order valence-electron chi connectivity index (χ4n) is 1.37. The summed E-state index contributed by atoms with van der Waals surface area (Å²) in [7, 11) is 5.14. The maximum absolute atomic E-state index is 8.86. The lowest BCUT2D eigenvalue weighted by molar-refractivity contribution is 0.303. The number of ether oxygens (including phenoxy) is 2. The minimum absolute atomic E-state index is 0.117. The number of anilines is 1. The Morgan fingerprint density at radius 2 is 2.00 bits per heavy atom. The van der Waals surface area contributed by atoms with Crippen molar-refractivity contribution in [2.45, 2.75) is 0 Å². The normalized spacial score (nSPS) is 9.87. The van der Waals surface area contributed by atoms with Gasteiger partial charge in [0.15, 0.2) is 0 Å². The van der Waals surface area contributed by atoms with Crippen LogP contribution >= 0.6 is 0 Å². The summed E-state index contributed by atoms with van der Waals surface area (Å²) in [6.07, 6.45) is 0. The molecule has 0 amide bonds. The molecule has 0 fully saturated rings. The topological polar surface area (TPSA) is 41.9 Å². The molecule has 4 heteroatoms. The Balaban J connectivity index is 2.96. The van der Waals surface area contributed by atoms with E-state index < -0.39 is 0 Å². The average Bonchev–Trinajstić information content (AvgIpc) is 2.28. The highest BCUT2D eigenvalue weighted by molar-refractivity contribution is 5.60. The van der Waals surface area contributed by atoms with E-state index in [1.807, 2.05) is 30.1 Å². The molecule has 1 rings (SSSR count). The van der Waals surface area contributed by atoms with Crippen molar-refractivity contribution in [2.24, 2.45) is 0 Å². The molecule has 0 saturated heterocycles. The van der Waals surface area contributed by atoms with Crippen LogP contribution < -0.4 is 14.4 Å². The first-order valence-corrected chi connectivity index (χ1v) is 4.77. The number of likely N-dealkylation sites (N-methyl/N-ethyl adjacent to an activating group) is 1. The largest absolute Gasteiger partial charge is 0.497 e. The Hall–Kier alpha value is -1.42. The third-order valence-corrected chi connectivity index (χ3v) is 2.23. The van der Waals surface area contributed by atoms with Crippen LogP contribution in [0.4, 0.5) is 5.69 Å². The summed E-state index contributed by atoms with van der Waals surface area (Å²) in [5.74, 6) is 1.50. The molecule has 0 aliphatic heterocycles. The van der Waals surface area contributed by atoms with E-state index >= 15 is 0 Å². The van der Waals surface area contributed by atoms with Crippen LogP contribution in [0.2, 0.25) is 0 Å². The van der Waals surface area contributed by atoms with E-state index in [0.717, 1.165) is 17.2 Å². The molecule has 0 radical (unpaired) electrons. The molecular formula is C11H17NO3. The van der Waals surface area contributed by atoms with Crippen molar-refractivity contribution in [3.8, 4) is 11.5 Å². The van der Waals surface area contributed by atoms with Gasteiger partial charge in [0.1, 0.15) is 11.5 Å². The van der Waals surface area contributed by atoms with Crippen LogP contribution in [0.25, 0.3) is 0 Å². The molecule has 0 saturated carbocycles. The summed E-state index contributed by atoms with van der Waals surface area (Å²) < 4.78 is 10.4. The van der Waals surface area contributed by atoms with Gasteiger partial charge >= 0.3 is 0 Å². The van der Waals surface area contributed by atoms with Crippen molar-refractivity contribution in [1.29, 1.82) is 0 Å². The van der Waals surface area contributed by atoms with Crippen LogP contribution in [0.1, 0.15) is 0 Å². The molecule has 1 N–H and O–H groups in total. The number of aliphatic hydroxyl groups excluding tert-OH is 1. The molecule has 0 bridgehead atoms. The zero-order valence-corrected chi connectivity index (χ0v) is 9.36. The Morgan fingerprint density at radius 3 is 2.53 bits per heavy atom. The fraction of sp³-hybridized carbons (Fsp3) is 0.455. The first-order valence-electron chi connectivity index (χ1n) is 4.77. The van der Waals surface area contributed by atoms with Gasteiger partial charge in [0.25, 0.3) is 0 Å². The third-order valence-electron chi connectivity index (χ3n) is 2.23. The van der Waals surface area contributed by atoms with E-state index in [1.54, 1.807) is 14.2 Å². The van der Waals surface area contributed by atoms with Gasteiger partial charge < -0.3 is 19.5 Å². The van der Waals surface area contributed by atoms with Gasteiger partial charge in [0.05, 0.1) is 26.5 Å². The maximum atomic E-state index is 8.86. The predicted molar refractivity (Wildman–Crippen MR) is 59.9 cm³/mol. The van der Waals surface area contributed by atoms with Crippen molar-refractivity contribution in [1.82, 2.24) is 0 Å². The summed E-state index contributed by atoms with van der Waals surface area (Å²) in [6, 6.07) is 5.60. The Labute approximate surface area is 90.0 Å². The standard InChI is InChI=1S/C11H17NO3/c1-12(6-7-13)10-5-4-9(14-2)8-11(10)15-3/h4-5,8,13H,6-7H2,1-3H3. The van der Waals surface area contributed by atoms with Gasteiger partial charge in [0.2, 0.25) is 0 Å². The maximum Gasteiger partial charge on any atom is 0.145 e. The fourth-order valence-corrected chi connectivity index (χ4v) is 1.37. The van der Waals surface area contributed by atoms with Gasteiger partial charge in [-0.2, -0.15) is 0 Å². The van der Waals surface area contributed by atoms with E-state index in [-0.39, 0.29) is 6.61 Å². The number of hydrogen-bond donors (Lipinski definition) is 1. The lowest BCUT2D eigenvalue weighted by Crippen LogP contribution is -2.21. The minimum atomic E-state index is 0.117. The quantitative estimate of drug-likeness (QED) is 0.792. The van der Waals surface area contributed by atoms with E-state index in [1.165, 1.54) is 0 Å². The van der Waals surface area contributed by atoms with Crippen LogP contribution in [0.5, 0.6) is 11.5 Å². The number of aliphatic hydroxyl groups is 1. The first-order chi connectivity index (χ1) is 7.22. The first kappa shape index (κ1) is 11.7. The van der Waals surface area contributed by atoms with Crippen LogP contribution in [-0.2, 0) is 0 Å². The highest BCUT2D eigenvalue weighted by Gasteiger charge is 2.08. The Morgan fingerprint density at radius 1 is 1.27 bits per heavy atom. The SMILES string of the molecule is COc1ccc(N(C)CCO)c(OC)c1. The molecule has 0 aliphatic rings. The number of methoxy groups -OCH3 is 2. The van der Waals surface area contributed by atoms with E-state index in [4.69, 9.17) is 14.6 Å². The van der Waals surface area contributed by atoms with E-state index in [0.29, 0.717) is 6.54 Å². The molecule has 0 heterocycles. The zero-order valence-electron chi connectivity index (χ0n) is 9.36. The summed E-state index contributed by atoms with van der Waals surface area (Å²) in [6.45, 7) is 0.689. The average molecular weight is 211 g/mol. The van der Waals surface area contributed by atoms with Gasteiger partial charge in [-0.05, 0) is 12.1 Å². The minimum Gasteiger partial charge on any atom is -0.497 e. The second-order valence-electron chi connectivity index (χ2n) is 3.18. The van der Waals surface area contributed by atoms with Gasteiger partial charge in [-0.25, -0.2) is 0 Å². The molecular weight excluding hydrogens is 194 g/mol. The van der Waals surface area contributed by atoms with Gasteiger partial charge in [-0.1, -0.05) is 0 Å². The van der Waals surface area contributed by atoms with Gasteiger partial charge in [-0.15, -0.1) is 0 Å². The van der Waals surface area contributed by atoms with Crippen molar-refractivity contribution < 1.29 is 14.6 Å². The summed E-state index contributed by atoms with van der Waals surface area (Å²) >= 11 is 0. The van der Waals surface area contributed by atoms with E-state index in [2.05, 4.69) is 0 Å². The number of nitrogens with zero attached hydrogens (tertiary/aromatic N) is 1. The van der Waals surface area contributed by atoms with Crippen molar-refractivity contribution in [3.05, 3.63) is 18.2 Å². The number of benzene rings is 1.